The molecule has 5 nitrogen and oxygen atoms in total. The van der Waals surface area contributed by atoms with E-state index in [-0.39, 0.29) is 11.8 Å². The molecule has 29 heavy (non-hydrogen) atoms. The summed E-state index contributed by atoms with van der Waals surface area (Å²) in [5.74, 6) is 0.449. The quantitative estimate of drug-likeness (QED) is 0.470. The molecule has 2 aromatic carbocycles. The maximum absolute atomic E-state index is 13.5. The van der Waals surface area contributed by atoms with Gasteiger partial charge in [-0.25, -0.2) is 4.98 Å². The van der Waals surface area contributed by atoms with Gasteiger partial charge in [0.15, 0.2) is 5.82 Å². The fourth-order valence-electron chi connectivity index (χ4n) is 2.61. The van der Waals surface area contributed by atoms with Gasteiger partial charge in [-0.3, -0.25) is 0 Å². The summed E-state index contributed by atoms with van der Waals surface area (Å²) in [6.07, 6.45) is -3.81. The van der Waals surface area contributed by atoms with Crippen LogP contribution in [0, 0.1) is 0 Å². The van der Waals surface area contributed by atoms with Gasteiger partial charge >= 0.3 is 6.18 Å². The minimum Gasteiger partial charge on any atom is -0.494 e. The lowest BCUT2D eigenvalue weighted by Gasteiger charge is -2.23. The molecule has 1 aromatic heterocycles. The van der Waals surface area contributed by atoms with Gasteiger partial charge in [-0.15, -0.1) is 0 Å². The van der Waals surface area contributed by atoms with E-state index in [4.69, 9.17) is 4.74 Å². The Morgan fingerprint density at radius 2 is 1.72 bits per heavy atom. The van der Waals surface area contributed by atoms with Crippen molar-refractivity contribution >= 4 is 39.1 Å². The number of anilines is 4. The van der Waals surface area contributed by atoms with Crippen LogP contribution in [-0.4, -0.2) is 23.6 Å². The van der Waals surface area contributed by atoms with Gasteiger partial charge in [-0.2, -0.15) is 18.2 Å². The van der Waals surface area contributed by atoms with Gasteiger partial charge in [0.05, 0.1) is 6.61 Å². The minimum atomic E-state index is -4.59. The van der Waals surface area contributed by atoms with Crippen LogP contribution in [0.2, 0.25) is 0 Å². The van der Waals surface area contributed by atoms with E-state index >= 15 is 0 Å². The third kappa shape index (κ3) is 5.17. The van der Waals surface area contributed by atoms with E-state index in [0.717, 1.165) is 10.7 Å². The van der Waals surface area contributed by atoms with E-state index in [1.54, 1.807) is 48.5 Å². The minimum absolute atomic E-state index is 0.0631. The molecule has 1 heterocycles. The summed E-state index contributed by atoms with van der Waals surface area (Å²) < 4.78 is 46.9. The van der Waals surface area contributed by atoms with Crippen LogP contribution in [0.4, 0.5) is 36.3 Å². The van der Waals surface area contributed by atoms with Crippen molar-refractivity contribution in [2.75, 3.05) is 23.9 Å². The highest BCUT2D eigenvalue weighted by Gasteiger charge is 2.36. The molecule has 0 unspecified atom stereocenters. The zero-order valence-corrected chi connectivity index (χ0v) is 17.3. The normalized spacial score (nSPS) is 11.2. The fourth-order valence-corrected chi connectivity index (χ4v) is 2.87. The van der Waals surface area contributed by atoms with Crippen LogP contribution >= 0.6 is 15.9 Å². The lowest BCUT2D eigenvalue weighted by atomic mass is 10.2. The molecular weight excluding hydrogens is 449 g/mol. The van der Waals surface area contributed by atoms with Crippen molar-refractivity contribution in [1.82, 2.24) is 9.97 Å². The number of hydrogen-bond donors (Lipinski definition) is 1. The second kappa shape index (κ2) is 8.69. The third-order valence-electron chi connectivity index (χ3n) is 4.03. The number of aromatic nitrogens is 2. The van der Waals surface area contributed by atoms with Gasteiger partial charge in [0.25, 0.3) is 0 Å². The summed E-state index contributed by atoms with van der Waals surface area (Å²) in [6.45, 7) is 2.36. The topological polar surface area (TPSA) is 50.3 Å². The molecule has 0 aliphatic rings. The summed E-state index contributed by atoms with van der Waals surface area (Å²) in [4.78, 5) is 9.34. The fraction of sp³-hybridized carbons (Fsp3) is 0.200. The van der Waals surface area contributed by atoms with Crippen molar-refractivity contribution in [1.29, 1.82) is 0 Å². The largest absolute Gasteiger partial charge is 0.494 e. The molecule has 0 saturated heterocycles. The van der Waals surface area contributed by atoms with Crippen molar-refractivity contribution in [2.24, 2.45) is 0 Å². The molecule has 3 rings (SSSR count). The molecule has 9 heteroatoms. The summed E-state index contributed by atoms with van der Waals surface area (Å²) in [5, 5.41) is 2.93. The Balaban J connectivity index is 1.96. The summed E-state index contributed by atoms with van der Waals surface area (Å²) in [6, 6.07) is 13.9. The second-order valence-electron chi connectivity index (χ2n) is 6.05. The highest BCUT2D eigenvalue weighted by molar-refractivity contribution is 9.10. The first kappa shape index (κ1) is 20.9. The number of halogens is 4. The molecule has 0 radical (unpaired) electrons. The Hall–Kier alpha value is -2.81. The highest BCUT2D eigenvalue weighted by Crippen LogP contribution is 2.38. The van der Waals surface area contributed by atoms with E-state index < -0.39 is 11.7 Å². The average molecular weight is 467 g/mol. The molecule has 0 saturated carbocycles. The Morgan fingerprint density at radius 3 is 2.31 bits per heavy atom. The molecule has 0 amide bonds. The molecule has 0 spiro atoms. The molecule has 0 aliphatic carbocycles. The first-order chi connectivity index (χ1) is 13.8. The number of rotatable bonds is 6. The van der Waals surface area contributed by atoms with Gasteiger partial charge in [-0.1, -0.05) is 15.9 Å². The van der Waals surface area contributed by atoms with E-state index in [1.165, 1.54) is 11.9 Å². The van der Waals surface area contributed by atoms with Crippen molar-refractivity contribution < 1.29 is 17.9 Å². The molecule has 1 N–H and O–H groups in total. The maximum atomic E-state index is 13.5. The van der Waals surface area contributed by atoms with Crippen LogP contribution in [0.1, 0.15) is 12.5 Å². The Morgan fingerprint density at radius 1 is 1.07 bits per heavy atom. The van der Waals surface area contributed by atoms with Crippen LogP contribution in [0.3, 0.4) is 0 Å². The number of benzene rings is 2. The maximum Gasteiger partial charge on any atom is 0.421 e. The lowest BCUT2D eigenvalue weighted by Crippen LogP contribution is -2.19. The molecule has 0 bridgehead atoms. The van der Waals surface area contributed by atoms with Crippen LogP contribution in [0.5, 0.6) is 5.75 Å². The van der Waals surface area contributed by atoms with E-state index in [9.17, 15) is 13.2 Å². The Kier molecular flexibility index (Phi) is 6.26. The standard InChI is InChI=1S/C20H18BrF3N4O/c1-3-29-16-10-8-15(9-11-16)28(2)18-17(20(22,23)24)12-25-19(27-18)26-14-6-4-13(21)5-7-14/h4-12H,3H2,1-2H3,(H,25,26,27). The second-order valence-corrected chi connectivity index (χ2v) is 6.96. The van der Waals surface area contributed by atoms with Crippen LogP contribution in [0.25, 0.3) is 0 Å². The van der Waals surface area contributed by atoms with Gasteiger partial charge < -0.3 is 15.0 Å². The molecule has 0 atom stereocenters. The Labute approximate surface area is 174 Å². The molecule has 152 valence electrons. The molecule has 0 aliphatic heterocycles. The predicted octanol–water partition coefficient (Wildman–Crippen LogP) is 6.17. The summed E-state index contributed by atoms with van der Waals surface area (Å²) in [5.41, 5.74) is 0.269. The average Bonchev–Trinajstić information content (AvgIpc) is 2.69. The van der Waals surface area contributed by atoms with Gasteiger partial charge in [0.2, 0.25) is 5.95 Å². The van der Waals surface area contributed by atoms with Crippen molar-refractivity contribution in [3.63, 3.8) is 0 Å². The number of nitrogens with zero attached hydrogens (tertiary/aromatic N) is 3. The van der Waals surface area contributed by atoms with E-state index in [2.05, 4.69) is 31.2 Å². The van der Waals surface area contributed by atoms with Gasteiger partial charge in [0, 0.05) is 29.1 Å². The lowest BCUT2D eigenvalue weighted by molar-refractivity contribution is -0.137. The highest BCUT2D eigenvalue weighted by atomic mass is 79.9. The molecule has 0 fully saturated rings. The van der Waals surface area contributed by atoms with Gasteiger partial charge in [0.1, 0.15) is 11.3 Å². The number of ether oxygens (including phenoxy) is 1. The molecule has 3 aromatic rings. The van der Waals surface area contributed by atoms with Gasteiger partial charge in [-0.05, 0) is 55.5 Å². The number of nitrogens with one attached hydrogen (secondary N) is 1. The van der Waals surface area contributed by atoms with Crippen molar-refractivity contribution in [3.8, 4) is 5.75 Å². The van der Waals surface area contributed by atoms with Crippen LogP contribution in [-0.2, 0) is 6.18 Å². The summed E-state index contributed by atoms with van der Waals surface area (Å²) >= 11 is 3.33. The third-order valence-corrected chi connectivity index (χ3v) is 4.56. The van der Waals surface area contributed by atoms with E-state index in [0.29, 0.717) is 23.7 Å². The van der Waals surface area contributed by atoms with Crippen LogP contribution in [0.15, 0.2) is 59.2 Å². The van der Waals surface area contributed by atoms with Crippen LogP contribution < -0.4 is 15.0 Å². The number of hydrogen-bond acceptors (Lipinski definition) is 5. The van der Waals surface area contributed by atoms with Crippen molar-refractivity contribution in [2.45, 2.75) is 13.1 Å². The smallest absolute Gasteiger partial charge is 0.421 e. The zero-order valence-electron chi connectivity index (χ0n) is 15.7. The summed E-state index contributed by atoms with van der Waals surface area (Å²) in [7, 11) is 1.52. The predicted molar refractivity (Wildman–Crippen MR) is 110 cm³/mol. The Bertz CT molecular complexity index is 963. The SMILES string of the molecule is CCOc1ccc(N(C)c2nc(Nc3ccc(Br)cc3)ncc2C(F)(F)F)cc1. The first-order valence-corrected chi connectivity index (χ1v) is 9.50. The molecular formula is C20H18BrF3N4O. The monoisotopic (exact) mass is 466 g/mol. The van der Waals surface area contributed by atoms with E-state index in [1.807, 2.05) is 6.92 Å². The first-order valence-electron chi connectivity index (χ1n) is 8.71. The number of alkyl halides is 3. The van der Waals surface area contributed by atoms with Crippen molar-refractivity contribution in [3.05, 3.63) is 64.8 Å². The zero-order chi connectivity index (χ0) is 21.0.